The summed E-state index contributed by atoms with van der Waals surface area (Å²) in [5, 5.41) is 7.16. The van der Waals surface area contributed by atoms with Gasteiger partial charge in [-0.1, -0.05) is 0 Å². The molecule has 1 aliphatic rings. The van der Waals surface area contributed by atoms with Gasteiger partial charge in [-0.2, -0.15) is 5.10 Å². The van der Waals surface area contributed by atoms with Gasteiger partial charge in [0.15, 0.2) is 0 Å². The zero-order valence-corrected chi connectivity index (χ0v) is 12.9. The summed E-state index contributed by atoms with van der Waals surface area (Å²) in [6.45, 7) is 0.977. The van der Waals surface area contributed by atoms with Gasteiger partial charge in [0.05, 0.1) is 19.4 Å². The Morgan fingerprint density at radius 2 is 2.25 bits per heavy atom. The van der Waals surface area contributed by atoms with Crippen LogP contribution < -0.4 is 10.1 Å². The zero-order valence-electron chi connectivity index (χ0n) is 12.9. The number of amides is 1. The first-order valence-corrected chi connectivity index (χ1v) is 7.72. The smallest absolute Gasteiger partial charge is 0.272 e. The molecule has 4 heterocycles. The fraction of sp³-hybridized carbons (Fsp3) is 0.235. The van der Waals surface area contributed by atoms with E-state index in [2.05, 4.69) is 15.4 Å². The number of carbonyl (C=O) groups excluding carboxylic acids is 1. The van der Waals surface area contributed by atoms with Crippen LogP contribution in [0.25, 0.3) is 0 Å². The van der Waals surface area contributed by atoms with E-state index in [1.165, 1.54) is 0 Å². The van der Waals surface area contributed by atoms with Crippen LogP contribution in [0, 0.1) is 0 Å². The normalized spacial score (nSPS) is 15.9. The van der Waals surface area contributed by atoms with Crippen LogP contribution in [0.1, 0.15) is 21.9 Å². The Labute approximate surface area is 138 Å². The van der Waals surface area contributed by atoms with Gasteiger partial charge >= 0.3 is 0 Å². The molecular weight excluding hydrogens is 308 g/mol. The van der Waals surface area contributed by atoms with E-state index in [1.54, 1.807) is 24.7 Å². The van der Waals surface area contributed by atoms with E-state index in [-0.39, 0.29) is 12.0 Å². The fourth-order valence-corrected chi connectivity index (χ4v) is 2.74. The van der Waals surface area contributed by atoms with Crippen molar-refractivity contribution < 1.29 is 13.9 Å². The third-order valence-corrected chi connectivity index (χ3v) is 3.87. The molecule has 0 saturated heterocycles. The molecule has 3 aromatic rings. The van der Waals surface area contributed by atoms with E-state index in [0.29, 0.717) is 24.5 Å². The summed E-state index contributed by atoms with van der Waals surface area (Å²) in [5.74, 6) is 1.29. The van der Waals surface area contributed by atoms with Gasteiger partial charge in [0.25, 0.3) is 5.91 Å². The van der Waals surface area contributed by atoms with Gasteiger partial charge in [-0.25, -0.2) is 0 Å². The summed E-state index contributed by atoms with van der Waals surface area (Å²) >= 11 is 0. The third-order valence-electron chi connectivity index (χ3n) is 3.87. The van der Waals surface area contributed by atoms with Crippen LogP contribution in [0.4, 0.5) is 0 Å². The predicted molar refractivity (Wildman–Crippen MR) is 84.5 cm³/mol. The van der Waals surface area contributed by atoms with Crippen molar-refractivity contribution in [3.05, 3.63) is 66.1 Å². The molecule has 122 valence electrons. The number of ether oxygens (including phenoxy) is 1. The lowest BCUT2D eigenvalue weighted by Gasteiger charge is -2.12. The van der Waals surface area contributed by atoms with Crippen LogP contribution in [-0.4, -0.2) is 26.8 Å². The molecule has 0 saturated carbocycles. The Morgan fingerprint density at radius 1 is 1.38 bits per heavy atom. The number of pyridine rings is 1. The number of nitrogens with zero attached hydrogens (tertiary/aromatic N) is 3. The van der Waals surface area contributed by atoms with Gasteiger partial charge in [-0.3, -0.25) is 14.5 Å². The molecule has 4 rings (SSSR count). The number of rotatable bonds is 5. The van der Waals surface area contributed by atoms with Crippen molar-refractivity contribution in [3.8, 4) is 5.75 Å². The van der Waals surface area contributed by atoms with Crippen molar-refractivity contribution in [2.45, 2.75) is 25.6 Å². The second-order valence-electron chi connectivity index (χ2n) is 5.59. The maximum atomic E-state index is 12.2. The second kappa shape index (κ2) is 6.19. The molecular formula is C17H16N4O3. The summed E-state index contributed by atoms with van der Waals surface area (Å²) in [4.78, 5) is 16.1. The lowest BCUT2D eigenvalue weighted by atomic mass is 10.2. The molecule has 0 radical (unpaired) electrons. The number of carbonyl (C=O) groups is 1. The minimum absolute atomic E-state index is 0.0233. The molecule has 0 aromatic carbocycles. The topological polar surface area (TPSA) is 82.2 Å². The summed E-state index contributed by atoms with van der Waals surface area (Å²) in [5.41, 5.74) is 1.41. The molecule has 1 N–H and O–H groups in total. The maximum Gasteiger partial charge on any atom is 0.272 e. The number of hydrogen-bond donors (Lipinski definition) is 1. The third kappa shape index (κ3) is 3.01. The zero-order chi connectivity index (χ0) is 16.4. The first-order valence-electron chi connectivity index (χ1n) is 7.72. The van der Waals surface area contributed by atoms with Gasteiger partial charge < -0.3 is 14.5 Å². The number of hydrogen-bond acceptors (Lipinski definition) is 5. The number of nitrogens with one attached hydrogen (secondary N) is 1. The molecule has 0 spiro atoms. The lowest BCUT2D eigenvalue weighted by Crippen LogP contribution is -2.24. The highest BCUT2D eigenvalue weighted by Crippen LogP contribution is 2.21. The Bertz CT molecular complexity index is 803. The lowest BCUT2D eigenvalue weighted by molar-refractivity contribution is 0.0941. The Balaban J connectivity index is 1.36. The van der Waals surface area contributed by atoms with E-state index in [4.69, 9.17) is 9.15 Å². The number of aromatic nitrogens is 3. The minimum atomic E-state index is -0.208. The quantitative estimate of drug-likeness (QED) is 0.774. The van der Waals surface area contributed by atoms with E-state index in [1.807, 2.05) is 28.9 Å². The largest absolute Gasteiger partial charge is 0.488 e. The SMILES string of the molecule is O=C(NCc1ccco1)c1cc2n(n1)CC(Oc1ccncc1)C2. The van der Waals surface area contributed by atoms with Gasteiger partial charge in [0.2, 0.25) is 0 Å². The van der Waals surface area contributed by atoms with E-state index in [0.717, 1.165) is 17.9 Å². The van der Waals surface area contributed by atoms with Crippen LogP contribution in [0.5, 0.6) is 5.75 Å². The summed E-state index contributed by atoms with van der Waals surface area (Å²) in [6.07, 6.45) is 5.72. The van der Waals surface area contributed by atoms with Crippen molar-refractivity contribution in [1.29, 1.82) is 0 Å². The molecule has 7 nitrogen and oxygen atoms in total. The first kappa shape index (κ1) is 14.5. The predicted octanol–water partition coefficient (Wildman–Crippen LogP) is 1.80. The van der Waals surface area contributed by atoms with E-state index < -0.39 is 0 Å². The highest BCUT2D eigenvalue weighted by atomic mass is 16.5. The molecule has 24 heavy (non-hydrogen) atoms. The number of fused-ring (bicyclic) bond motifs is 1. The van der Waals surface area contributed by atoms with E-state index >= 15 is 0 Å². The standard InChI is InChI=1S/C17H16N4O3/c22-17(19-10-14-2-1-7-23-14)16-9-12-8-15(11-21(12)20-16)24-13-3-5-18-6-4-13/h1-7,9,15H,8,10-11H2,(H,19,22). The Kier molecular flexibility index (Phi) is 3.74. The average molecular weight is 324 g/mol. The van der Waals surface area contributed by atoms with E-state index in [9.17, 15) is 4.79 Å². The molecule has 0 bridgehead atoms. The fourth-order valence-electron chi connectivity index (χ4n) is 2.74. The van der Waals surface area contributed by atoms with Gasteiger partial charge in [-0.15, -0.1) is 0 Å². The van der Waals surface area contributed by atoms with Crippen LogP contribution >= 0.6 is 0 Å². The Hall–Kier alpha value is -3.09. The molecule has 1 amide bonds. The van der Waals surface area contributed by atoms with Crippen LogP contribution in [-0.2, 0) is 19.5 Å². The monoisotopic (exact) mass is 324 g/mol. The van der Waals surface area contributed by atoms with Crippen molar-refractivity contribution in [2.24, 2.45) is 0 Å². The molecule has 1 atom stereocenters. The molecule has 7 heteroatoms. The van der Waals surface area contributed by atoms with Crippen molar-refractivity contribution in [3.63, 3.8) is 0 Å². The van der Waals surface area contributed by atoms with Gasteiger partial charge in [-0.05, 0) is 30.3 Å². The Morgan fingerprint density at radius 3 is 3.00 bits per heavy atom. The minimum Gasteiger partial charge on any atom is -0.488 e. The molecule has 3 aromatic heterocycles. The maximum absolute atomic E-state index is 12.2. The highest BCUT2D eigenvalue weighted by molar-refractivity contribution is 5.92. The summed E-state index contributed by atoms with van der Waals surface area (Å²) in [6, 6.07) is 9.07. The molecule has 0 fully saturated rings. The van der Waals surface area contributed by atoms with Crippen LogP contribution in [0.15, 0.2) is 53.4 Å². The van der Waals surface area contributed by atoms with Crippen LogP contribution in [0.2, 0.25) is 0 Å². The van der Waals surface area contributed by atoms with Gasteiger partial charge in [0.1, 0.15) is 23.3 Å². The number of furan rings is 1. The molecule has 0 aliphatic carbocycles. The summed E-state index contributed by atoms with van der Waals surface area (Å²) < 4.78 is 12.9. The van der Waals surface area contributed by atoms with Crippen molar-refractivity contribution >= 4 is 5.91 Å². The van der Waals surface area contributed by atoms with Crippen LogP contribution in [0.3, 0.4) is 0 Å². The molecule has 1 aliphatic heterocycles. The molecule has 1 unspecified atom stereocenters. The van der Waals surface area contributed by atoms with Crippen molar-refractivity contribution in [1.82, 2.24) is 20.1 Å². The first-order chi connectivity index (χ1) is 11.8. The summed E-state index contributed by atoms with van der Waals surface area (Å²) in [7, 11) is 0. The van der Waals surface area contributed by atoms with Crippen molar-refractivity contribution in [2.75, 3.05) is 0 Å². The van der Waals surface area contributed by atoms with Gasteiger partial charge in [0, 0.05) is 24.5 Å². The average Bonchev–Trinajstić information content (AvgIpc) is 3.29. The highest BCUT2D eigenvalue weighted by Gasteiger charge is 2.26. The second-order valence-corrected chi connectivity index (χ2v) is 5.59.